The zero-order valence-corrected chi connectivity index (χ0v) is 12.7. The van der Waals surface area contributed by atoms with Crippen LogP contribution in [0.2, 0.25) is 0 Å². The van der Waals surface area contributed by atoms with Crippen molar-refractivity contribution in [2.24, 2.45) is 5.73 Å². The van der Waals surface area contributed by atoms with Gasteiger partial charge in [0.25, 0.3) is 0 Å². The third-order valence-corrected chi connectivity index (χ3v) is 3.23. The van der Waals surface area contributed by atoms with Crippen molar-refractivity contribution >= 4 is 0 Å². The summed E-state index contributed by atoms with van der Waals surface area (Å²) in [5.41, 5.74) is 7.77. The van der Waals surface area contributed by atoms with Crippen molar-refractivity contribution in [3.63, 3.8) is 0 Å². The fourth-order valence-electron chi connectivity index (χ4n) is 2.20. The predicted molar refractivity (Wildman–Crippen MR) is 79.7 cm³/mol. The summed E-state index contributed by atoms with van der Waals surface area (Å²) < 4.78 is 6.03. The summed E-state index contributed by atoms with van der Waals surface area (Å²) >= 11 is 0. The van der Waals surface area contributed by atoms with Gasteiger partial charge in [0, 0.05) is 12.0 Å². The molecule has 19 heavy (non-hydrogen) atoms. The third kappa shape index (κ3) is 4.84. The molecule has 1 rings (SSSR count). The van der Waals surface area contributed by atoms with Gasteiger partial charge >= 0.3 is 0 Å². The van der Waals surface area contributed by atoms with Crippen LogP contribution in [0.5, 0.6) is 5.75 Å². The molecule has 0 aromatic heterocycles. The van der Waals surface area contributed by atoms with Crippen LogP contribution in [0.3, 0.4) is 0 Å². The monoisotopic (exact) mass is 265 g/mol. The quantitative estimate of drug-likeness (QED) is 0.831. The topological polar surface area (TPSA) is 55.5 Å². The van der Waals surface area contributed by atoms with Crippen molar-refractivity contribution in [2.45, 2.75) is 58.6 Å². The number of nitrogens with two attached hydrogens (primary N) is 1. The van der Waals surface area contributed by atoms with Gasteiger partial charge in [-0.1, -0.05) is 26.0 Å². The normalized spacial score (nSPS) is 16.2. The van der Waals surface area contributed by atoms with Gasteiger partial charge in [-0.25, -0.2) is 0 Å². The van der Waals surface area contributed by atoms with E-state index in [1.165, 1.54) is 11.1 Å². The molecule has 0 aliphatic heterocycles. The van der Waals surface area contributed by atoms with Gasteiger partial charge in [0.05, 0.1) is 12.7 Å². The molecule has 0 amide bonds. The largest absolute Gasteiger partial charge is 0.490 e. The summed E-state index contributed by atoms with van der Waals surface area (Å²) in [6.07, 6.45) is 0.594. The highest BCUT2D eigenvalue weighted by Gasteiger charge is 2.22. The van der Waals surface area contributed by atoms with Crippen molar-refractivity contribution < 1.29 is 9.84 Å². The second-order valence-corrected chi connectivity index (χ2v) is 6.14. The van der Waals surface area contributed by atoms with Gasteiger partial charge in [0.15, 0.2) is 0 Å². The van der Waals surface area contributed by atoms with E-state index in [2.05, 4.69) is 39.0 Å². The maximum absolute atomic E-state index is 9.22. The lowest BCUT2D eigenvalue weighted by atomic mass is 9.97. The number of benzene rings is 1. The fourth-order valence-corrected chi connectivity index (χ4v) is 2.20. The maximum Gasteiger partial charge on any atom is 0.123 e. The molecule has 0 aliphatic carbocycles. The van der Waals surface area contributed by atoms with E-state index in [9.17, 15) is 5.11 Å². The molecule has 0 bridgehead atoms. The molecule has 3 nitrogen and oxygen atoms in total. The van der Waals surface area contributed by atoms with E-state index in [-0.39, 0.29) is 12.7 Å². The Morgan fingerprint density at radius 3 is 2.47 bits per heavy atom. The lowest BCUT2D eigenvalue weighted by Gasteiger charge is -2.27. The smallest absolute Gasteiger partial charge is 0.123 e. The lowest BCUT2D eigenvalue weighted by molar-refractivity contribution is 0.132. The number of aryl methyl sites for hydroxylation is 1. The average molecular weight is 265 g/mol. The van der Waals surface area contributed by atoms with Crippen molar-refractivity contribution in [3.05, 3.63) is 29.3 Å². The van der Waals surface area contributed by atoms with Gasteiger partial charge in [-0.2, -0.15) is 0 Å². The Morgan fingerprint density at radius 1 is 1.32 bits per heavy atom. The first-order chi connectivity index (χ1) is 8.75. The Hall–Kier alpha value is -1.06. The van der Waals surface area contributed by atoms with Crippen LogP contribution in [0.15, 0.2) is 18.2 Å². The van der Waals surface area contributed by atoms with Gasteiger partial charge in [0.2, 0.25) is 0 Å². The van der Waals surface area contributed by atoms with Crippen molar-refractivity contribution in [2.75, 3.05) is 6.61 Å². The minimum Gasteiger partial charge on any atom is -0.490 e. The van der Waals surface area contributed by atoms with Gasteiger partial charge in [-0.3, -0.25) is 0 Å². The molecule has 0 heterocycles. The summed E-state index contributed by atoms with van der Waals surface area (Å²) in [5.74, 6) is 1.35. The summed E-state index contributed by atoms with van der Waals surface area (Å²) in [5, 5.41) is 9.22. The van der Waals surface area contributed by atoms with Gasteiger partial charge in [0.1, 0.15) is 5.75 Å². The lowest BCUT2D eigenvalue weighted by Crippen LogP contribution is -2.43. The summed E-state index contributed by atoms with van der Waals surface area (Å²) in [7, 11) is 0. The molecule has 2 atom stereocenters. The number of aliphatic hydroxyl groups is 1. The molecule has 0 fully saturated rings. The van der Waals surface area contributed by atoms with Crippen LogP contribution in [-0.4, -0.2) is 23.4 Å². The third-order valence-electron chi connectivity index (χ3n) is 3.23. The number of ether oxygens (including phenoxy) is 1. The highest BCUT2D eigenvalue weighted by molar-refractivity contribution is 5.39. The first kappa shape index (κ1) is 16.0. The first-order valence-electron chi connectivity index (χ1n) is 6.92. The van der Waals surface area contributed by atoms with Crippen molar-refractivity contribution in [1.29, 1.82) is 0 Å². The minimum atomic E-state index is -0.596. The zero-order chi connectivity index (χ0) is 14.6. The van der Waals surface area contributed by atoms with E-state index >= 15 is 0 Å². The first-order valence-corrected chi connectivity index (χ1v) is 6.92. The molecule has 3 heteroatoms. The van der Waals surface area contributed by atoms with Crippen LogP contribution in [0.25, 0.3) is 0 Å². The number of hydrogen-bond acceptors (Lipinski definition) is 3. The molecule has 1 aromatic carbocycles. The molecule has 0 saturated heterocycles. The fraction of sp³-hybridized carbons (Fsp3) is 0.625. The highest BCUT2D eigenvalue weighted by Crippen LogP contribution is 2.29. The van der Waals surface area contributed by atoms with Gasteiger partial charge in [-0.15, -0.1) is 0 Å². The van der Waals surface area contributed by atoms with Crippen molar-refractivity contribution in [1.82, 2.24) is 0 Å². The maximum atomic E-state index is 9.22. The zero-order valence-electron chi connectivity index (χ0n) is 12.7. The number of aliphatic hydroxyl groups excluding tert-OH is 1. The molecule has 0 spiro atoms. The standard InChI is InChI=1S/C16H27NO2/c1-11(2)14-7-6-12(3)8-15(14)19-13(4)9-16(5,17)10-18/h6-8,11,13,18H,9-10,17H2,1-5H3. The Bertz CT molecular complexity index is 413. The van der Waals surface area contributed by atoms with E-state index < -0.39 is 5.54 Å². The molecule has 0 aliphatic rings. The highest BCUT2D eigenvalue weighted by atomic mass is 16.5. The van der Waals surface area contributed by atoms with Gasteiger partial charge < -0.3 is 15.6 Å². The van der Waals surface area contributed by atoms with E-state index in [4.69, 9.17) is 10.5 Å². The van der Waals surface area contributed by atoms with Crippen LogP contribution in [-0.2, 0) is 0 Å². The second kappa shape index (κ2) is 6.40. The molecule has 2 unspecified atom stereocenters. The Kier molecular flexibility index (Phi) is 5.39. The van der Waals surface area contributed by atoms with E-state index in [0.29, 0.717) is 12.3 Å². The van der Waals surface area contributed by atoms with Gasteiger partial charge in [-0.05, 0) is 43.9 Å². The summed E-state index contributed by atoms with van der Waals surface area (Å²) in [6, 6.07) is 6.29. The second-order valence-electron chi connectivity index (χ2n) is 6.14. The SMILES string of the molecule is Cc1ccc(C(C)C)c(OC(C)CC(C)(N)CO)c1. The summed E-state index contributed by atoms with van der Waals surface area (Å²) in [4.78, 5) is 0. The van der Waals surface area contributed by atoms with E-state index in [1.54, 1.807) is 0 Å². The number of hydrogen-bond donors (Lipinski definition) is 2. The van der Waals surface area contributed by atoms with Crippen molar-refractivity contribution in [3.8, 4) is 5.75 Å². The number of rotatable bonds is 6. The minimum absolute atomic E-state index is 0.0264. The Labute approximate surface area is 116 Å². The van der Waals surface area contributed by atoms with Crippen LogP contribution >= 0.6 is 0 Å². The molecule has 0 radical (unpaired) electrons. The Balaban J connectivity index is 2.84. The average Bonchev–Trinajstić information content (AvgIpc) is 2.27. The molecule has 1 aromatic rings. The van der Waals surface area contributed by atoms with Crippen LogP contribution < -0.4 is 10.5 Å². The molecule has 3 N–H and O–H groups in total. The molecular weight excluding hydrogens is 238 g/mol. The molecule has 108 valence electrons. The van der Waals surface area contributed by atoms with Crippen LogP contribution in [0, 0.1) is 6.92 Å². The summed E-state index contributed by atoms with van der Waals surface area (Å²) in [6.45, 7) is 10.2. The molecular formula is C16H27NO2. The van der Waals surface area contributed by atoms with E-state index in [0.717, 1.165) is 5.75 Å². The van der Waals surface area contributed by atoms with Crippen LogP contribution in [0.1, 0.15) is 51.2 Å². The Morgan fingerprint density at radius 2 is 1.95 bits per heavy atom. The van der Waals surface area contributed by atoms with Crippen LogP contribution in [0.4, 0.5) is 0 Å². The van der Waals surface area contributed by atoms with E-state index in [1.807, 2.05) is 13.8 Å². The molecule has 0 saturated carbocycles. The predicted octanol–water partition coefficient (Wildman–Crippen LogP) is 2.99.